The van der Waals surface area contributed by atoms with Gasteiger partial charge in [-0.15, -0.1) is 10.2 Å². The van der Waals surface area contributed by atoms with E-state index < -0.39 is 0 Å². The van der Waals surface area contributed by atoms with E-state index in [1.165, 1.54) is 0 Å². The highest BCUT2D eigenvalue weighted by Crippen LogP contribution is 2.15. The molecule has 0 radical (unpaired) electrons. The van der Waals surface area contributed by atoms with Crippen molar-refractivity contribution in [3.05, 3.63) is 59.0 Å². The zero-order valence-electron chi connectivity index (χ0n) is 8.92. The van der Waals surface area contributed by atoms with Crippen molar-refractivity contribution < 1.29 is 0 Å². The highest BCUT2D eigenvalue weighted by Gasteiger charge is 2.04. The van der Waals surface area contributed by atoms with Crippen LogP contribution in [0.5, 0.6) is 0 Å². The van der Waals surface area contributed by atoms with E-state index in [1.807, 2.05) is 42.5 Å². The SMILES string of the molecule is O=c1nnc2ccccc2cc1-c1ccc[nH]1. The lowest BCUT2D eigenvalue weighted by atomic mass is 10.1. The minimum atomic E-state index is -0.330. The van der Waals surface area contributed by atoms with Crippen LogP contribution in [0.4, 0.5) is 0 Å². The molecule has 0 spiro atoms. The van der Waals surface area contributed by atoms with Crippen LogP contribution in [0.25, 0.3) is 22.2 Å². The third kappa shape index (κ3) is 1.69. The van der Waals surface area contributed by atoms with Crippen LogP contribution in [0, 0.1) is 0 Å². The molecule has 3 aromatic rings. The highest BCUT2D eigenvalue weighted by molar-refractivity contribution is 5.81. The van der Waals surface area contributed by atoms with Gasteiger partial charge in [0.2, 0.25) is 0 Å². The number of H-pyrrole nitrogens is 1. The Morgan fingerprint density at radius 3 is 2.71 bits per heavy atom. The Labute approximate surface area is 97.0 Å². The summed E-state index contributed by atoms with van der Waals surface area (Å²) in [6, 6.07) is 13.0. The molecule has 1 N–H and O–H groups in total. The molecular formula is C13H9N3O. The first-order valence-corrected chi connectivity index (χ1v) is 5.25. The first-order chi connectivity index (χ1) is 8.34. The molecule has 0 atom stereocenters. The fourth-order valence-electron chi connectivity index (χ4n) is 1.76. The molecule has 4 heteroatoms. The average Bonchev–Trinajstić information content (AvgIpc) is 2.82. The van der Waals surface area contributed by atoms with Crippen LogP contribution in [-0.2, 0) is 0 Å². The van der Waals surface area contributed by atoms with Gasteiger partial charge < -0.3 is 4.98 Å². The molecular weight excluding hydrogens is 214 g/mol. The van der Waals surface area contributed by atoms with Crippen molar-refractivity contribution in [2.45, 2.75) is 0 Å². The number of nitrogens with zero attached hydrogens (tertiary/aromatic N) is 2. The number of fused-ring (bicyclic) bond motifs is 1. The van der Waals surface area contributed by atoms with E-state index in [2.05, 4.69) is 15.2 Å². The molecule has 2 aromatic heterocycles. The zero-order chi connectivity index (χ0) is 11.7. The van der Waals surface area contributed by atoms with E-state index in [1.54, 1.807) is 6.20 Å². The summed E-state index contributed by atoms with van der Waals surface area (Å²) in [6.07, 6.45) is 1.78. The van der Waals surface area contributed by atoms with E-state index in [0.29, 0.717) is 11.1 Å². The Kier molecular flexibility index (Phi) is 2.19. The fraction of sp³-hybridized carbons (Fsp3) is 0. The van der Waals surface area contributed by atoms with E-state index in [4.69, 9.17) is 0 Å². The topological polar surface area (TPSA) is 58.6 Å². The number of nitrogens with one attached hydrogen (secondary N) is 1. The predicted octanol–water partition coefficient (Wildman–Crippen LogP) is 1.99. The quantitative estimate of drug-likeness (QED) is 0.686. The van der Waals surface area contributed by atoms with Gasteiger partial charge in [0.05, 0.1) is 16.8 Å². The number of aromatic nitrogens is 3. The second-order valence-electron chi connectivity index (χ2n) is 3.71. The summed E-state index contributed by atoms with van der Waals surface area (Å²) in [7, 11) is 0. The van der Waals surface area contributed by atoms with E-state index in [0.717, 1.165) is 11.1 Å². The Hall–Kier alpha value is -2.49. The average molecular weight is 223 g/mol. The van der Waals surface area contributed by atoms with Crippen molar-refractivity contribution >= 4 is 10.9 Å². The zero-order valence-corrected chi connectivity index (χ0v) is 8.92. The second kappa shape index (κ2) is 3.83. The molecule has 0 amide bonds. The summed E-state index contributed by atoms with van der Waals surface area (Å²) in [5, 5.41) is 8.53. The monoisotopic (exact) mass is 223 g/mol. The Balaban J connectivity index is 2.40. The number of hydrogen-bond acceptors (Lipinski definition) is 3. The summed E-state index contributed by atoms with van der Waals surface area (Å²) in [4.78, 5) is 14.8. The lowest BCUT2D eigenvalue weighted by Gasteiger charge is -1.91. The lowest BCUT2D eigenvalue weighted by Crippen LogP contribution is -2.06. The molecule has 0 bridgehead atoms. The van der Waals surface area contributed by atoms with Crippen molar-refractivity contribution in [2.75, 3.05) is 0 Å². The highest BCUT2D eigenvalue weighted by atomic mass is 16.1. The third-order valence-corrected chi connectivity index (χ3v) is 2.60. The van der Waals surface area contributed by atoms with E-state index in [9.17, 15) is 4.79 Å². The van der Waals surface area contributed by atoms with Crippen molar-refractivity contribution in [3.63, 3.8) is 0 Å². The summed E-state index contributed by atoms with van der Waals surface area (Å²) in [5.74, 6) is 0. The molecule has 3 rings (SSSR count). The minimum absolute atomic E-state index is 0.330. The van der Waals surface area contributed by atoms with Crippen LogP contribution in [0.2, 0.25) is 0 Å². The molecule has 1 aromatic carbocycles. The number of hydrogen-bond donors (Lipinski definition) is 1. The molecule has 17 heavy (non-hydrogen) atoms. The molecule has 0 saturated heterocycles. The van der Waals surface area contributed by atoms with Crippen molar-refractivity contribution in [2.24, 2.45) is 0 Å². The molecule has 0 aliphatic heterocycles. The van der Waals surface area contributed by atoms with Gasteiger partial charge in [-0.2, -0.15) is 0 Å². The first-order valence-electron chi connectivity index (χ1n) is 5.25. The summed E-state index contributed by atoms with van der Waals surface area (Å²) in [5.41, 5.74) is 1.67. The maximum absolute atomic E-state index is 11.8. The number of benzene rings is 1. The van der Waals surface area contributed by atoms with Crippen LogP contribution in [-0.4, -0.2) is 15.2 Å². The standard InChI is InChI=1S/C13H9N3O/c17-13-10(12-6-3-7-14-12)8-9-4-1-2-5-11(9)15-16-13/h1-8,14H. The molecule has 82 valence electrons. The fourth-order valence-corrected chi connectivity index (χ4v) is 1.76. The van der Waals surface area contributed by atoms with Crippen molar-refractivity contribution in [1.29, 1.82) is 0 Å². The number of aromatic amines is 1. The van der Waals surface area contributed by atoms with Gasteiger partial charge in [-0.25, -0.2) is 0 Å². The van der Waals surface area contributed by atoms with Gasteiger partial charge in [0.15, 0.2) is 0 Å². The Morgan fingerprint density at radius 1 is 1.00 bits per heavy atom. The maximum Gasteiger partial charge on any atom is 0.297 e. The number of rotatable bonds is 1. The Morgan fingerprint density at radius 2 is 1.88 bits per heavy atom. The lowest BCUT2D eigenvalue weighted by molar-refractivity contribution is 1.04. The van der Waals surface area contributed by atoms with Gasteiger partial charge in [0.25, 0.3) is 5.56 Å². The van der Waals surface area contributed by atoms with Crippen LogP contribution >= 0.6 is 0 Å². The van der Waals surface area contributed by atoms with Crippen molar-refractivity contribution in [1.82, 2.24) is 15.2 Å². The van der Waals surface area contributed by atoms with Gasteiger partial charge >= 0.3 is 0 Å². The largest absolute Gasteiger partial charge is 0.361 e. The smallest absolute Gasteiger partial charge is 0.297 e. The summed E-state index contributed by atoms with van der Waals surface area (Å²) >= 11 is 0. The van der Waals surface area contributed by atoms with Gasteiger partial charge in [0, 0.05) is 11.6 Å². The van der Waals surface area contributed by atoms with Crippen molar-refractivity contribution in [3.8, 4) is 11.3 Å². The van der Waals surface area contributed by atoms with Crippen LogP contribution < -0.4 is 5.56 Å². The second-order valence-corrected chi connectivity index (χ2v) is 3.71. The molecule has 0 aliphatic carbocycles. The van der Waals surface area contributed by atoms with Gasteiger partial charge in [-0.3, -0.25) is 4.79 Å². The third-order valence-electron chi connectivity index (χ3n) is 2.60. The van der Waals surface area contributed by atoms with Gasteiger partial charge in [0.1, 0.15) is 0 Å². The predicted molar refractivity (Wildman–Crippen MR) is 65.6 cm³/mol. The molecule has 0 unspecified atom stereocenters. The molecule has 0 saturated carbocycles. The molecule has 2 heterocycles. The minimum Gasteiger partial charge on any atom is -0.361 e. The Bertz CT molecular complexity index is 720. The van der Waals surface area contributed by atoms with Crippen LogP contribution in [0.3, 0.4) is 0 Å². The molecule has 0 aliphatic rings. The van der Waals surface area contributed by atoms with E-state index in [-0.39, 0.29) is 5.56 Å². The van der Waals surface area contributed by atoms with E-state index >= 15 is 0 Å². The molecule has 4 nitrogen and oxygen atoms in total. The summed E-state index contributed by atoms with van der Waals surface area (Å²) < 4.78 is 0. The maximum atomic E-state index is 11.8. The van der Waals surface area contributed by atoms with Crippen LogP contribution in [0.1, 0.15) is 0 Å². The first kappa shape index (κ1) is 9.72. The molecule has 0 fully saturated rings. The van der Waals surface area contributed by atoms with Gasteiger partial charge in [-0.1, -0.05) is 18.2 Å². The normalized spacial score (nSPS) is 10.6. The van der Waals surface area contributed by atoms with Crippen LogP contribution in [0.15, 0.2) is 53.5 Å². The summed E-state index contributed by atoms with van der Waals surface area (Å²) in [6.45, 7) is 0. The van der Waals surface area contributed by atoms with Gasteiger partial charge in [-0.05, 0) is 24.3 Å².